The molecular weight excluding hydrogens is 270 g/mol. The van der Waals surface area contributed by atoms with Crippen LogP contribution in [0.2, 0.25) is 0 Å². The molecule has 0 amide bonds. The van der Waals surface area contributed by atoms with E-state index in [2.05, 4.69) is 15.1 Å². The van der Waals surface area contributed by atoms with Crippen molar-refractivity contribution in [2.75, 3.05) is 0 Å². The third-order valence-corrected chi connectivity index (χ3v) is 4.31. The summed E-state index contributed by atoms with van der Waals surface area (Å²) in [6.07, 6.45) is 7.57. The van der Waals surface area contributed by atoms with Gasteiger partial charge in [0.1, 0.15) is 0 Å². The molecule has 0 spiro atoms. The fraction of sp³-hybridized carbons (Fsp3) is 0.533. The van der Waals surface area contributed by atoms with E-state index in [9.17, 15) is 9.90 Å². The molecule has 6 nitrogen and oxygen atoms in total. The van der Waals surface area contributed by atoms with E-state index >= 15 is 0 Å². The fourth-order valence-electron chi connectivity index (χ4n) is 3.07. The molecule has 0 saturated heterocycles. The zero-order chi connectivity index (χ0) is 14.7. The predicted octanol–water partition coefficient (Wildman–Crippen LogP) is 3.03. The van der Waals surface area contributed by atoms with E-state index in [1.54, 1.807) is 6.20 Å². The Kier molecular flexibility index (Phi) is 3.77. The topological polar surface area (TPSA) is 92.0 Å². The Morgan fingerprint density at radius 3 is 2.71 bits per heavy atom. The molecule has 0 aliphatic heterocycles. The Balaban J connectivity index is 1.81. The van der Waals surface area contributed by atoms with Crippen LogP contribution in [-0.2, 0) is 11.2 Å². The van der Waals surface area contributed by atoms with Gasteiger partial charge in [-0.1, -0.05) is 30.8 Å². The first-order valence-corrected chi connectivity index (χ1v) is 7.39. The number of rotatable bonds is 4. The van der Waals surface area contributed by atoms with Gasteiger partial charge >= 0.3 is 5.97 Å². The van der Waals surface area contributed by atoms with Crippen LogP contribution in [0.4, 0.5) is 0 Å². The lowest BCUT2D eigenvalue weighted by Gasteiger charge is -2.26. The Hall–Kier alpha value is -2.11. The lowest BCUT2D eigenvalue weighted by atomic mass is 9.77. The quantitative estimate of drug-likeness (QED) is 0.844. The highest BCUT2D eigenvalue weighted by Crippen LogP contribution is 2.38. The normalized spacial score (nSPS) is 18.3. The molecule has 0 bridgehead atoms. The summed E-state index contributed by atoms with van der Waals surface area (Å²) >= 11 is 0. The summed E-state index contributed by atoms with van der Waals surface area (Å²) in [4.78, 5) is 19.1. The third-order valence-electron chi connectivity index (χ3n) is 4.31. The molecule has 0 unspecified atom stereocenters. The van der Waals surface area contributed by atoms with Crippen LogP contribution in [0.5, 0.6) is 0 Å². The second kappa shape index (κ2) is 5.71. The molecule has 6 heteroatoms. The van der Waals surface area contributed by atoms with E-state index in [-0.39, 0.29) is 0 Å². The first-order chi connectivity index (χ1) is 10.2. The number of carboxylic acids is 1. The van der Waals surface area contributed by atoms with E-state index in [1.165, 1.54) is 0 Å². The van der Waals surface area contributed by atoms with Crippen LogP contribution in [-0.4, -0.2) is 26.2 Å². The summed E-state index contributed by atoms with van der Waals surface area (Å²) in [6, 6.07) is 3.71. The molecule has 1 aliphatic carbocycles. The maximum atomic E-state index is 11.8. The van der Waals surface area contributed by atoms with Gasteiger partial charge in [0.15, 0.2) is 0 Å². The van der Waals surface area contributed by atoms with Gasteiger partial charge in [-0.25, -0.2) is 0 Å². The summed E-state index contributed by atoms with van der Waals surface area (Å²) in [5.41, 5.74) is 0.0194. The first kappa shape index (κ1) is 13.9. The van der Waals surface area contributed by atoms with E-state index in [4.69, 9.17) is 4.52 Å². The van der Waals surface area contributed by atoms with Crippen molar-refractivity contribution in [3.05, 3.63) is 24.2 Å². The SMILES string of the molecule is O=C(O)C1(Cc2nc(-c3ccc[nH]3)no2)CCCCCC1. The fourth-order valence-corrected chi connectivity index (χ4v) is 3.07. The maximum absolute atomic E-state index is 11.8. The summed E-state index contributed by atoms with van der Waals surface area (Å²) in [7, 11) is 0. The van der Waals surface area contributed by atoms with Crippen molar-refractivity contribution in [1.29, 1.82) is 0 Å². The number of carbonyl (C=O) groups is 1. The van der Waals surface area contributed by atoms with Crippen molar-refractivity contribution in [2.24, 2.45) is 5.41 Å². The second-order valence-electron chi connectivity index (χ2n) is 5.77. The van der Waals surface area contributed by atoms with Crippen LogP contribution in [0.1, 0.15) is 44.4 Å². The van der Waals surface area contributed by atoms with Gasteiger partial charge < -0.3 is 14.6 Å². The van der Waals surface area contributed by atoms with Crippen LogP contribution in [0.3, 0.4) is 0 Å². The van der Waals surface area contributed by atoms with Crippen molar-refractivity contribution >= 4 is 5.97 Å². The molecule has 0 atom stereocenters. The summed E-state index contributed by atoms with van der Waals surface area (Å²) < 4.78 is 5.26. The van der Waals surface area contributed by atoms with E-state index < -0.39 is 11.4 Å². The monoisotopic (exact) mass is 289 g/mol. The minimum atomic E-state index is -0.754. The highest BCUT2D eigenvalue weighted by Gasteiger charge is 2.40. The average Bonchev–Trinajstić information content (AvgIpc) is 3.07. The number of nitrogens with zero attached hydrogens (tertiary/aromatic N) is 2. The molecule has 0 aromatic carbocycles. The van der Waals surface area contributed by atoms with Gasteiger partial charge in [-0.3, -0.25) is 4.79 Å². The molecule has 2 heterocycles. The zero-order valence-corrected chi connectivity index (χ0v) is 11.8. The molecule has 21 heavy (non-hydrogen) atoms. The minimum Gasteiger partial charge on any atom is -0.481 e. The minimum absolute atomic E-state index is 0.316. The molecule has 1 fully saturated rings. The molecule has 1 aliphatic rings. The van der Waals surface area contributed by atoms with Gasteiger partial charge in [0, 0.05) is 12.6 Å². The molecule has 2 aromatic heterocycles. The predicted molar refractivity (Wildman–Crippen MR) is 75.6 cm³/mol. The molecule has 2 aromatic rings. The Labute approximate surface area is 122 Å². The summed E-state index contributed by atoms with van der Waals surface area (Å²) in [5.74, 6) is 0.136. The number of aliphatic carboxylic acids is 1. The maximum Gasteiger partial charge on any atom is 0.310 e. The van der Waals surface area contributed by atoms with Gasteiger partial charge in [0.25, 0.3) is 0 Å². The molecule has 1 saturated carbocycles. The van der Waals surface area contributed by atoms with Gasteiger partial charge in [-0.15, -0.1) is 0 Å². The van der Waals surface area contributed by atoms with Crippen molar-refractivity contribution < 1.29 is 14.4 Å². The number of aromatic nitrogens is 3. The van der Waals surface area contributed by atoms with Gasteiger partial charge in [0.05, 0.1) is 11.1 Å². The first-order valence-electron chi connectivity index (χ1n) is 7.39. The number of carboxylic acid groups (broad SMARTS) is 1. The van der Waals surface area contributed by atoms with Crippen LogP contribution in [0, 0.1) is 5.41 Å². The number of H-pyrrole nitrogens is 1. The highest BCUT2D eigenvalue weighted by molar-refractivity contribution is 5.75. The van der Waals surface area contributed by atoms with E-state index in [1.807, 2.05) is 12.1 Å². The average molecular weight is 289 g/mol. The van der Waals surface area contributed by atoms with Crippen LogP contribution < -0.4 is 0 Å². The van der Waals surface area contributed by atoms with Crippen molar-refractivity contribution in [1.82, 2.24) is 15.1 Å². The highest BCUT2D eigenvalue weighted by atomic mass is 16.5. The van der Waals surface area contributed by atoms with Crippen LogP contribution in [0.15, 0.2) is 22.9 Å². The molecule has 3 rings (SSSR count). The Bertz CT molecular complexity index is 595. The van der Waals surface area contributed by atoms with Crippen LogP contribution >= 0.6 is 0 Å². The summed E-state index contributed by atoms with van der Waals surface area (Å²) in [5, 5.41) is 13.6. The molecule has 2 N–H and O–H groups in total. The molecule has 112 valence electrons. The van der Waals surface area contributed by atoms with Crippen molar-refractivity contribution in [3.8, 4) is 11.5 Å². The molecular formula is C15H19N3O3. The van der Waals surface area contributed by atoms with Crippen molar-refractivity contribution in [3.63, 3.8) is 0 Å². The number of hydrogen-bond acceptors (Lipinski definition) is 4. The smallest absolute Gasteiger partial charge is 0.310 e. The largest absolute Gasteiger partial charge is 0.481 e. The number of nitrogens with one attached hydrogen (secondary N) is 1. The Morgan fingerprint density at radius 2 is 2.10 bits per heavy atom. The summed E-state index contributed by atoms with van der Waals surface area (Å²) in [6.45, 7) is 0. The van der Waals surface area contributed by atoms with E-state index in [0.29, 0.717) is 31.0 Å². The molecule has 0 radical (unpaired) electrons. The lowest BCUT2D eigenvalue weighted by Crippen LogP contribution is -2.33. The number of aromatic amines is 1. The van der Waals surface area contributed by atoms with Crippen molar-refractivity contribution in [2.45, 2.75) is 44.9 Å². The number of hydrogen-bond donors (Lipinski definition) is 2. The van der Waals surface area contributed by atoms with Crippen LogP contribution in [0.25, 0.3) is 11.5 Å². The van der Waals surface area contributed by atoms with E-state index in [0.717, 1.165) is 31.4 Å². The lowest BCUT2D eigenvalue weighted by molar-refractivity contribution is -0.150. The van der Waals surface area contributed by atoms with Gasteiger partial charge in [0.2, 0.25) is 11.7 Å². The van der Waals surface area contributed by atoms with Gasteiger partial charge in [-0.2, -0.15) is 4.98 Å². The zero-order valence-electron chi connectivity index (χ0n) is 11.8. The standard InChI is InChI=1S/C15H19N3O3/c19-14(20)15(7-3-1-2-4-8-15)10-12-17-13(18-21-12)11-6-5-9-16-11/h5-6,9,16H,1-4,7-8,10H2,(H,19,20). The van der Waals surface area contributed by atoms with Gasteiger partial charge in [-0.05, 0) is 25.0 Å². The Morgan fingerprint density at radius 1 is 1.33 bits per heavy atom. The second-order valence-corrected chi connectivity index (χ2v) is 5.77. The third kappa shape index (κ3) is 2.84.